The first kappa shape index (κ1) is 24.4. The van der Waals surface area contributed by atoms with E-state index in [0.717, 1.165) is 16.5 Å². The summed E-state index contributed by atoms with van der Waals surface area (Å²) in [6.07, 6.45) is 10.3. The molecular weight excluding hydrogens is 393 g/mol. The molecule has 1 saturated carbocycles. The van der Waals surface area contributed by atoms with Crippen LogP contribution in [0.4, 0.5) is 10.1 Å². The summed E-state index contributed by atoms with van der Waals surface area (Å²) < 4.78 is 19.5. The highest BCUT2D eigenvalue weighted by Gasteiger charge is 2.17. The molecule has 2 aromatic carbocycles. The van der Waals surface area contributed by atoms with E-state index in [1.807, 2.05) is 19.1 Å². The molecular formula is C25H34FN3O2. The fourth-order valence-corrected chi connectivity index (χ4v) is 3.48. The number of aryl methyl sites for hydroxylation is 1. The van der Waals surface area contributed by atoms with E-state index in [9.17, 15) is 9.18 Å². The van der Waals surface area contributed by atoms with Crippen molar-refractivity contribution in [3.63, 3.8) is 0 Å². The Morgan fingerprint density at radius 1 is 1.16 bits per heavy atom. The molecule has 168 valence electrons. The molecule has 0 spiro atoms. The lowest BCUT2D eigenvalue weighted by Crippen LogP contribution is -2.12. The number of fused-ring (bicyclic) bond motifs is 1. The van der Waals surface area contributed by atoms with Crippen LogP contribution in [0.2, 0.25) is 0 Å². The van der Waals surface area contributed by atoms with Crippen LogP contribution >= 0.6 is 0 Å². The average molecular weight is 428 g/mol. The number of carbonyl (C=O) groups is 1. The van der Waals surface area contributed by atoms with E-state index in [1.165, 1.54) is 50.7 Å². The molecule has 1 fully saturated rings. The van der Waals surface area contributed by atoms with E-state index in [-0.39, 0.29) is 5.82 Å². The molecule has 1 aliphatic rings. The Morgan fingerprint density at radius 3 is 2.35 bits per heavy atom. The van der Waals surface area contributed by atoms with Crippen molar-refractivity contribution in [3.05, 3.63) is 54.0 Å². The van der Waals surface area contributed by atoms with Crippen molar-refractivity contribution in [1.29, 1.82) is 0 Å². The van der Waals surface area contributed by atoms with Crippen molar-refractivity contribution >= 4 is 23.0 Å². The minimum atomic E-state index is -0.171. The molecule has 31 heavy (non-hydrogen) atoms. The largest absolute Gasteiger partial charge is 0.494 e. The summed E-state index contributed by atoms with van der Waals surface area (Å²) in [6.45, 7) is 6.18. The van der Waals surface area contributed by atoms with Crippen molar-refractivity contribution in [2.24, 2.45) is 0 Å². The molecule has 0 radical (unpaired) electrons. The standard InChI is InChI=1S/C15H19N3O2.C7H7F.C3H8/c1-20-15-8-13-11(7-14(15)16-10-19)9-18(17-13)12-5-3-2-4-6-12;1-6-2-4-7(8)5-3-6;1-3-2/h7-10,12H,2-6H2,1H3,(H,16,19);2-5H,1H3;3H2,1-2H3. The van der Waals surface area contributed by atoms with Crippen LogP contribution in [0.3, 0.4) is 0 Å². The van der Waals surface area contributed by atoms with E-state index < -0.39 is 0 Å². The number of anilines is 1. The minimum Gasteiger partial charge on any atom is -0.494 e. The highest BCUT2D eigenvalue weighted by atomic mass is 19.1. The molecule has 6 heteroatoms. The van der Waals surface area contributed by atoms with Gasteiger partial charge in [0.15, 0.2) is 0 Å². The van der Waals surface area contributed by atoms with E-state index >= 15 is 0 Å². The third-order valence-corrected chi connectivity index (χ3v) is 5.02. The van der Waals surface area contributed by atoms with Crippen molar-refractivity contribution in [1.82, 2.24) is 9.78 Å². The number of nitrogens with zero attached hydrogens (tertiary/aromatic N) is 2. The van der Waals surface area contributed by atoms with Crippen molar-refractivity contribution < 1.29 is 13.9 Å². The Balaban J connectivity index is 0.000000258. The second-order valence-electron chi connectivity index (χ2n) is 7.78. The van der Waals surface area contributed by atoms with Gasteiger partial charge in [-0.2, -0.15) is 5.10 Å². The number of nitrogens with one attached hydrogen (secondary N) is 1. The van der Waals surface area contributed by atoms with Gasteiger partial charge in [-0.05, 0) is 38.0 Å². The number of ether oxygens (including phenoxy) is 1. The normalized spacial score (nSPS) is 13.5. The van der Waals surface area contributed by atoms with Gasteiger partial charge in [0.05, 0.1) is 24.4 Å². The Labute approximate surface area is 184 Å². The first-order chi connectivity index (χ1) is 15.0. The molecule has 1 N–H and O–H groups in total. The highest BCUT2D eigenvalue weighted by Crippen LogP contribution is 2.32. The van der Waals surface area contributed by atoms with Gasteiger partial charge in [0, 0.05) is 17.6 Å². The molecule has 4 rings (SSSR count). The topological polar surface area (TPSA) is 56.1 Å². The quantitative estimate of drug-likeness (QED) is 0.473. The molecule has 3 aromatic rings. The molecule has 0 aliphatic heterocycles. The second-order valence-corrected chi connectivity index (χ2v) is 7.78. The Hall–Kier alpha value is -2.89. The van der Waals surface area contributed by atoms with Gasteiger partial charge in [0.1, 0.15) is 11.6 Å². The van der Waals surface area contributed by atoms with Gasteiger partial charge < -0.3 is 10.1 Å². The van der Waals surface area contributed by atoms with Gasteiger partial charge in [-0.1, -0.05) is 57.2 Å². The third kappa shape index (κ3) is 7.39. The van der Waals surface area contributed by atoms with Gasteiger partial charge in [0.25, 0.3) is 0 Å². The average Bonchev–Trinajstić information content (AvgIpc) is 3.20. The molecule has 5 nitrogen and oxygen atoms in total. The number of benzene rings is 2. The molecule has 0 atom stereocenters. The van der Waals surface area contributed by atoms with Gasteiger partial charge in [-0.15, -0.1) is 0 Å². The van der Waals surface area contributed by atoms with Crippen LogP contribution in [0.15, 0.2) is 42.6 Å². The number of halogens is 1. The third-order valence-electron chi connectivity index (χ3n) is 5.02. The number of carbonyl (C=O) groups excluding carboxylic acids is 1. The van der Waals surface area contributed by atoms with Gasteiger partial charge in [0.2, 0.25) is 6.41 Å². The fourth-order valence-electron chi connectivity index (χ4n) is 3.48. The number of hydrogen-bond acceptors (Lipinski definition) is 3. The van der Waals surface area contributed by atoms with Gasteiger partial charge in [-0.3, -0.25) is 9.48 Å². The number of methoxy groups -OCH3 is 1. The summed E-state index contributed by atoms with van der Waals surface area (Å²) in [5.74, 6) is 0.467. The van der Waals surface area contributed by atoms with Crippen LogP contribution in [0.1, 0.15) is 64.0 Å². The molecule has 0 bridgehead atoms. The van der Waals surface area contributed by atoms with Crippen LogP contribution in [0.5, 0.6) is 5.75 Å². The maximum absolute atomic E-state index is 12.1. The van der Waals surface area contributed by atoms with Crippen LogP contribution in [-0.2, 0) is 4.79 Å². The van der Waals surface area contributed by atoms with Gasteiger partial charge >= 0.3 is 0 Å². The molecule has 0 unspecified atom stereocenters. The number of amides is 1. The summed E-state index contributed by atoms with van der Waals surface area (Å²) in [5, 5.41) is 8.36. The van der Waals surface area contributed by atoms with E-state index in [2.05, 4.69) is 35.1 Å². The number of rotatable bonds is 4. The zero-order valence-corrected chi connectivity index (χ0v) is 19.0. The van der Waals surface area contributed by atoms with Gasteiger partial charge in [-0.25, -0.2) is 4.39 Å². The molecule has 1 amide bonds. The predicted molar refractivity (Wildman–Crippen MR) is 125 cm³/mol. The Kier molecular flexibility index (Phi) is 10.0. The molecule has 0 saturated heterocycles. The Morgan fingerprint density at radius 2 is 1.81 bits per heavy atom. The van der Waals surface area contributed by atoms with Crippen molar-refractivity contribution in [2.45, 2.75) is 65.3 Å². The number of aromatic nitrogens is 2. The molecule has 1 aliphatic carbocycles. The summed E-state index contributed by atoms with van der Waals surface area (Å²) in [5.41, 5.74) is 2.67. The predicted octanol–water partition coefficient (Wildman–Crippen LogP) is 6.67. The lowest BCUT2D eigenvalue weighted by molar-refractivity contribution is -0.105. The smallest absolute Gasteiger partial charge is 0.211 e. The van der Waals surface area contributed by atoms with Crippen LogP contribution < -0.4 is 10.1 Å². The van der Waals surface area contributed by atoms with Crippen molar-refractivity contribution in [2.75, 3.05) is 12.4 Å². The SMILES string of the molecule is CCC.COc1cc2nn(C3CCCCC3)cc2cc1NC=O.Cc1ccc(F)cc1. The van der Waals surface area contributed by atoms with Crippen molar-refractivity contribution in [3.8, 4) is 5.75 Å². The summed E-state index contributed by atoms with van der Waals surface area (Å²) in [7, 11) is 1.59. The summed E-state index contributed by atoms with van der Waals surface area (Å²) >= 11 is 0. The second kappa shape index (κ2) is 12.7. The Bertz CT molecular complexity index is 911. The maximum Gasteiger partial charge on any atom is 0.211 e. The zero-order chi connectivity index (χ0) is 22.6. The van der Waals surface area contributed by atoms with Crippen LogP contribution in [0.25, 0.3) is 10.9 Å². The van der Waals surface area contributed by atoms with Crippen LogP contribution in [-0.4, -0.2) is 23.3 Å². The maximum atomic E-state index is 12.1. The van der Waals surface area contributed by atoms with E-state index in [4.69, 9.17) is 4.74 Å². The molecule has 1 aromatic heterocycles. The minimum absolute atomic E-state index is 0.171. The fraction of sp³-hybridized carbons (Fsp3) is 0.440. The highest BCUT2D eigenvalue weighted by molar-refractivity contribution is 5.88. The first-order valence-electron chi connectivity index (χ1n) is 11.0. The lowest BCUT2D eigenvalue weighted by Gasteiger charge is -2.21. The van der Waals surface area contributed by atoms with E-state index in [1.54, 1.807) is 19.2 Å². The first-order valence-corrected chi connectivity index (χ1v) is 11.0. The lowest BCUT2D eigenvalue weighted by atomic mass is 9.96. The van der Waals surface area contributed by atoms with Crippen LogP contribution in [0, 0.1) is 12.7 Å². The molecule has 1 heterocycles. The summed E-state index contributed by atoms with van der Waals surface area (Å²) in [4.78, 5) is 10.6. The summed E-state index contributed by atoms with van der Waals surface area (Å²) in [6, 6.07) is 10.7. The zero-order valence-electron chi connectivity index (χ0n) is 19.0. The monoisotopic (exact) mass is 427 g/mol. The van der Waals surface area contributed by atoms with E-state index in [0.29, 0.717) is 23.9 Å². The number of hydrogen-bond donors (Lipinski definition) is 1.